The van der Waals surface area contributed by atoms with Crippen LogP contribution in [0.25, 0.3) is 0 Å². The molecule has 2 atom stereocenters. The molecule has 3 aromatic rings. The molecule has 3 aromatic carbocycles. The number of aryl methyl sites for hydroxylation is 2. The first-order valence-electron chi connectivity index (χ1n) is 11.8. The molecule has 2 heterocycles. The summed E-state index contributed by atoms with van der Waals surface area (Å²) in [5.74, 6) is -0.939. The lowest BCUT2D eigenvalue weighted by Crippen LogP contribution is -2.25. The number of hydrazone groups is 1. The molecule has 0 bridgehead atoms. The molecule has 0 aromatic heterocycles. The van der Waals surface area contributed by atoms with Gasteiger partial charge in [-0.15, -0.1) is 0 Å². The van der Waals surface area contributed by atoms with Crippen LogP contribution in [0.4, 0.5) is 10.1 Å². The number of thioether (sulfide) groups is 1. The van der Waals surface area contributed by atoms with E-state index in [1.54, 1.807) is 29.3 Å². The van der Waals surface area contributed by atoms with E-state index in [2.05, 4.69) is 10.3 Å². The lowest BCUT2D eigenvalue weighted by Gasteiger charge is -2.23. The highest BCUT2D eigenvalue weighted by Gasteiger charge is 2.39. The van der Waals surface area contributed by atoms with E-state index in [0.717, 1.165) is 28.0 Å². The van der Waals surface area contributed by atoms with Gasteiger partial charge in [0.05, 0.1) is 11.8 Å². The van der Waals surface area contributed by atoms with Crippen LogP contribution >= 0.6 is 23.4 Å². The quantitative estimate of drug-likeness (QED) is 0.418. The van der Waals surface area contributed by atoms with Crippen LogP contribution in [0.1, 0.15) is 41.1 Å². The standard InChI is InChI=1S/C28H24ClFN4O2S/c1-16-11-17(2)13-22(12-16)31-26(35)15-25-27(36)32-28(37-25)34-24(19-3-7-20(29)8-4-19)14-23(33-34)18-5-9-21(30)10-6-18/h3-13,24-25H,14-15H2,1-2H3,(H,31,35)/t24-,25-/m0/s1. The molecule has 6 nitrogen and oxygen atoms in total. The normalized spacial score (nSPS) is 19.1. The molecule has 0 aliphatic carbocycles. The maximum absolute atomic E-state index is 13.5. The van der Waals surface area contributed by atoms with E-state index in [-0.39, 0.29) is 30.1 Å². The summed E-state index contributed by atoms with van der Waals surface area (Å²) in [7, 11) is 0. The number of carbonyl (C=O) groups is 2. The van der Waals surface area contributed by atoms with Crippen LogP contribution in [0.5, 0.6) is 0 Å². The number of benzene rings is 3. The van der Waals surface area contributed by atoms with Gasteiger partial charge in [0, 0.05) is 23.6 Å². The number of halogens is 2. The van der Waals surface area contributed by atoms with Crippen LogP contribution in [-0.2, 0) is 9.59 Å². The zero-order valence-corrected chi connectivity index (χ0v) is 21.8. The van der Waals surface area contributed by atoms with Crippen LogP contribution in [-0.4, -0.2) is 33.0 Å². The fraction of sp³-hybridized carbons (Fsp3) is 0.214. The Morgan fingerprint density at radius 2 is 1.76 bits per heavy atom. The Morgan fingerprint density at radius 3 is 2.43 bits per heavy atom. The summed E-state index contributed by atoms with van der Waals surface area (Å²) in [5.41, 5.74) is 5.30. The molecule has 2 aliphatic heterocycles. The van der Waals surface area contributed by atoms with Gasteiger partial charge < -0.3 is 5.32 Å². The summed E-state index contributed by atoms with van der Waals surface area (Å²) in [6.07, 6.45) is 0.538. The van der Waals surface area contributed by atoms with Crippen LogP contribution in [0, 0.1) is 19.7 Å². The van der Waals surface area contributed by atoms with Crippen LogP contribution in [0.15, 0.2) is 76.8 Å². The maximum Gasteiger partial charge on any atom is 0.262 e. The molecule has 37 heavy (non-hydrogen) atoms. The predicted octanol–water partition coefficient (Wildman–Crippen LogP) is 6.27. The minimum absolute atomic E-state index is 0.00251. The molecule has 0 fully saturated rings. The number of hydrogen-bond acceptors (Lipinski definition) is 5. The Bertz CT molecular complexity index is 1400. The fourth-order valence-corrected chi connectivity index (χ4v) is 5.67. The number of amidine groups is 1. The van der Waals surface area contributed by atoms with Gasteiger partial charge in [-0.25, -0.2) is 9.40 Å². The fourth-order valence-electron chi connectivity index (χ4n) is 4.48. The van der Waals surface area contributed by atoms with E-state index in [0.29, 0.717) is 22.3 Å². The van der Waals surface area contributed by atoms with Gasteiger partial charge in [0.15, 0.2) is 5.17 Å². The lowest BCUT2D eigenvalue weighted by atomic mass is 9.99. The van der Waals surface area contributed by atoms with E-state index in [9.17, 15) is 14.0 Å². The Kier molecular flexibility index (Phi) is 7.13. The maximum atomic E-state index is 13.5. The SMILES string of the molecule is Cc1cc(C)cc(NC(=O)C[C@@H]2SC(N3N=C(c4ccc(F)cc4)C[C@H]3c3ccc(Cl)cc3)=NC2=O)c1. The molecule has 2 aliphatic rings. The Balaban J connectivity index is 1.35. The first-order valence-corrected chi connectivity index (χ1v) is 13.1. The van der Waals surface area contributed by atoms with Gasteiger partial charge >= 0.3 is 0 Å². The zero-order chi connectivity index (χ0) is 26.1. The van der Waals surface area contributed by atoms with Crippen molar-refractivity contribution in [2.45, 2.75) is 38.0 Å². The van der Waals surface area contributed by atoms with Crippen LogP contribution in [0.2, 0.25) is 5.02 Å². The van der Waals surface area contributed by atoms with Crippen molar-refractivity contribution in [1.82, 2.24) is 5.01 Å². The Labute approximate surface area is 223 Å². The summed E-state index contributed by atoms with van der Waals surface area (Å²) in [5, 5.41) is 9.80. The minimum Gasteiger partial charge on any atom is -0.326 e. The molecule has 0 spiro atoms. The molecule has 0 saturated carbocycles. The summed E-state index contributed by atoms with van der Waals surface area (Å²) in [6.45, 7) is 3.93. The van der Waals surface area contributed by atoms with Crippen molar-refractivity contribution < 1.29 is 14.0 Å². The highest BCUT2D eigenvalue weighted by molar-refractivity contribution is 8.15. The van der Waals surface area contributed by atoms with Gasteiger partial charge in [0.2, 0.25) is 5.91 Å². The second kappa shape index (κ2) is 10.5. The smallest absolute Gasteiger partial charge is 0.262 e. The first kappa shape index (κ1) is 25.2. The van der Waals surface area contributed by atoms with Crippen molar-refractivity contribution in [2.24, 2.45) is 10.1 Å². The molecule has 5 rings (SSSR count). The molecular weight excluding hydrogens is 511 g/mol. The third-order valence-electron chi connectivity index (χ3n) is 6.14. The largest absolute Gasteiger partial charge is 0.326 e. The van der Waals surface area contributed by atoms with Crippen molar-refractivity contribution in [3.8, 4) is 0 Å². The summed E-state index contributed by atoms with van der Waals surface area (Å²) < 4.78 is 13.5. The average molecular weight is 535 g/mol. The van der Waals surface area contributed by atoms with Crippen LogP contribution < -0.4 is 5.32 Å². The van der Waals surface area contributed by atoms with Crippen molar-refractivity contribution in [3.63, 3.8) is 0 Å². The van der Waals surface area contributed by atoms with Crippen molar-refractivity contribution in [3.05, 3.63) is 99.8 Å². The Morgan fingerprint density at radius 1 is 1.08 bits per heavy atom. The second-order valence-corrected chi connectivity index (χ2v) is 10.7. The van der Waals surface area contributed by atoms with E-state index < -0.39 is 5.25 Å². The third kappa shape index (κ3) is 5.76. The summed E-state index contributed by atoms with van der Waals surface area (Å²) in [6, 6.07) is 19.2. The van der Waals surface area contributed by atoms with Crippen molar-refractivity contribution in [2.75, 3.05) is 5.32 Å². The Hall–Kier alpha value is -3.49. The predicted molar refractivity (Wildman–Crippen MR) is 147 cm³/mol. The molecule has 0 saturated heterocycles. The number of rotatable bonds is 5. The van der Waals surface area contributed by atoms with Gasteiger partial charge in [-0.1, -0.05) is 53.7 Å². The number of carbonyl (C=O) groups excluding carboxylic acids is 2. The van der Waals surface area contributed by atoms with Crippen molar-refractivity contribution >= 4 is 51.7 Å². The molecule has 9 heteroatoms. The van der Waals surface area contributed by atoms with Gasteiger partial charge in [-0.05, 0) is 72.5 Å². The highest BCUT2D eigenvalue weighted by atomic mass is 35.5. The first-order chi connectivity index (χ1) is 17.7. The van der Waals surface area contributed by atoms with E-state index in [1.807, 2.05) is 44.2 Å². The number of anilines is 1. The number of nitrogens with zero attached hydrogens (tertiary/aromatic N) is 3. The number of amides is 2. The molecule has 0 radical (unpaired) electrons. The van der Waals surface area contributed by atoms with E-state index in [4.69, 9.17) is 16.7 Å². The zero-order valence-electron chi connectivity index (χ0n) is 20.2. The van der Waals surface area contributed by atoms with Gasteiger partial charge in [0.1, 0.15) is 11.1 Å². The van der Waals surface area contributed by atoms with Crippen LogP contribution in [0.3, 0.4) is 0 Å². The molecular formula is C28H24ClFN4O2S. The number of aliphatic imine (C=N–C) groups is 1. The number of hydrogen-bond donors (Lipinski definition) is 1. The number of nitrogens with one attached hydrogen (secondary N) is 1. The van der Waals surface area contributed by atoms with Gasteiger partial charge in [-0.3, -0.25) is 9.59 Å². The highest BCUT2D eigenvalue weighted by Crippen LogP contribution is 2.39. The molecule has 2 amide bonds. The van der Waals surface area contributed by atoms with E-state index >= 15 is 0 Å². The third-order valence-corrected chi connectivity index (χ3v) is 7.54. The monoisotopic (exact) mass is 534 g/mol. The second-order valence-electron chi connectivity index (χ2n) is 9.14. The topological polar surface area (TPSA) is 74.1 Å². The summed E-state index contributed by atoms with van der Waals surface area (Å²) in [4.78, 5) is 29.8. The van der Waals surface area contributed by atoms with Gasteiger partial charge in [-0.2, -0.15) is 10.1 Å². The molecule has 1 N–H and O–H groups in total. The molecule has 188 valence electrons. The van der Waals surface area contributed by atoms with Gasteiger partial charge in [0.25, 0.3) is 5.91 Å². The molecule has 0 unspecified atom stereocenters. The van der Waals surface area contributed by atoms with Crippen molar-refractivity contribution in [1.29, 1.82) is 0 Å². The lowest BCUT2D eigenvalue weighted by molar-refractivity contribution is -0.121. The van der Waals surface area contributed by atoms with E-state index in [1.165, 1.54) is 23.9 Å². The minimum atomic E-state index is -0.642. The average Bonchev–Trinajstić information content (AvgIpc) is 3.43. The summed E-state index contributed by atoms with van der Waals surface area (Å²) >= 11 is 7.33.